The maximum absolute atomic E-state index is 6.13. The summed E-state index contributed by atoms with van der Waals surface area (Å²) in [6, 6.07) is 0.194. The van der Waals surface area contributed by atoms with E-state index in [2.05, 4.69) is 55.4 Å². The van der Waals surface area contributed by atoms with Crippen LogP contribution in [0.4, 0.5) is 5.82 Å². The van der Waals surface area contributed by atoms with E-state index in [1.807, 2.05) is 11.6 Å². The van der Waals surface area contributed by atoms with Gasteiger partial charge in [0.1, 0.15) is 5.82 Å². The van der Waals surface area contributed by atoms with Crippen LogP contribution in [0.2, 0.25) is 0 Å². The molecule has 0 aliphatic carbocycles. The number of ether oxygens (including phenoxy) is 1. The van der Waals surface area contributed by atoms with E-state index < -0.39 is 0 Å². The maximum Gasteiger partial charge on any atom is 0.135 e. The molecule has 96 valence electrons. The molecule has 1 aliphatic rings. The number of anilines is 1. The molecule has 0 radical (unpaired) electrons. The van der Waals surface area contributed by atoms with Crippen molar-refractivity contribution in [3.63, 3.8) is 0 Å². The van der Waals surface area contributed by atoms with Crippen molar-refractivity contribution in [2.45, 2.75) is 58.3 Å². The second-order valence-electron chi connectivity index (χ2n) is 5.91. The van der Waals surface area contributed by atoms with Crippen molar-refractivity contribution in [2.75, 3.05) is 5.73 Å². The van der Waals surface area contributed by atoms with Crippen LogP contribution in [0.1, 0.15) is 45.9 Å². The summed E-state index contributed by atoms with van der Waals surface area (Å²) in [6.07, 6.45) is 0.932. The molecule has 4 nitrogen and oxygen atoms in total. The molecule has 17 heavy (non-hydrogen) atoms. The minimum absolute atomic E-state index is 0.119. The first-order valence-corrected chi connectivity index (χ1v) is 6.92. The Morgan fingerprint density at radius 2 is 2.00 bits per heavy atom. The molecule has 0 aromatic carbocycles. The highest BCUT2D eigenvalue weighted by molar-refractivity contribution is 14.1. The molecule has 0 amide bonds. The van der Waals surface area contributed by atoms with Gasteiger partial charge in [0.2, 0.25) is 0 Å². The Hall–Kier alpha value is -0.300. The molecule has 2 rings (SSSR count). The second-order valence-corrected chi connectivity index (χ2v) is 6.99. The van der Waals surface area contributed by atoms with Crippen molar-refractivity contribution in [1.29, 1.82) is 0 Å². The number of nitrogens with two attached hydrogens (primary N) is 1. The summed E-state index contributed by atoms with van der Waals surface area (Å²) in [5, 5.41) is 4.56. The molecule has 1 saturated heterocycles. The van der Waals surface area contributed by atoms with Gasteiger partial charge in [-0.25, -0.2) is 4.68 Å². The van der Waals surface area contributed by atoms with E-state index in [-0.39, 0.29) is 17.2 Å². The smallest absolute Gasteiger partial charge is 0.135 e. The number of nitrogens with zero attached hydrogens (tertiary/aromatic N) is 2. The van der Waals surface area contributed by atoms with Crippen molar-refractivity contribution in [3.8, 4) is 0 Å². The summed E-state index contributed by atoms with van der Waals surface area (Å²) < 4.78 is 9.07. The van der Waals surface area contributed by atoms with Crippen molar-refractivity contribution in [1.82, 2.24) is 9.78 Å². The summed E-state index contributed by atoms with van der Waals surface area (Å²) in [4.78, 5) is 0. The highest BCUT2D eigenvalue weighted by Gasteiger charge is 2.48. The molecule has 0 bridgehead atoms. The van der Waals surface area contributed by atoms with Gasteiger partial charge < -0.3 is 10.5 Å². The van der Waals surface area contributed by atoms with Gasteiger partial charge in [0.05, 0.1) is 26.5 Å². The van der Waals surface area contributed by atoms with Gasteiger partial charge in [0, 0.05) is 6.42 Å². The van der Waals surface area contributed by atoms with E-state index in [1.54, 1.807) is 0 Å². The molecule has 0 saturated carbocycles. The molecule has 2 N–H and O–H groups in total. The predicted molar refractivity (Wildman–Crippen MR) is 77.0 cm³/mol. The number of aromatic nitrogens is 2. The lowest BCUT2D eigenvalue weighted by atomic mass is 9.94. The highest BCUT2D eigenvalue weighted by Crippen LogP contribution is 2.45. The number of hydrogen-bond acceptors (Lipinski definition) is 3. The van der Waals surface area contributed by atoms with Gasteiger partial charge in [-0.2, -0.15) is 5.10 Å². The normalized spacial score (nSPS) is 26.4. The summed E-state index contributed by atoms with van der Waals surface area (Å²) in [7, 11) is 0. The molecular weight excluding hydrogens is 329 g/mol. The maximum atomic E-state index is 6.13. The van der Waals surface area contributed by atoms with Crippen LogP contribution in [0.3, 0.4) is 0 Å². The Labute approximate surface area is 116 Å². The Kier molecular flexibility index (Phi) is 2.97. The second kappa shape index (κ2) is 3.85. The standard InChI is InChI=1S/C12H20IN3O/c1-7-9(13)10(14)16(15-7)8-6-11(2,3)17-12(8,4)5/h8H,6,14H2,1-5H3. The molecule has 1 aliphatic heterocycles. The van der Waals surface area contributed by atoms with E-state index in [9.17, 15) is 0 Å². The third-order valence-corrected chi connectivity index (χ3v) is 4.70. The number of hydrogen-bond donors (Lipinski definition) is 1. The van der Waals surface area contributed by atoms with Crippen LogP contribution in [0, 0.1) is 10.5 Å². The molecule has 1 aromatic heterocycles. The lowest BCUT2D eigenvalue weighted by molar-refractivity contribution is -0.0736. The lowest BCUT2D eigenvalue weighted by Gasteiger charge is -2.27. The highest BCUT2D eigenvalue weighted by atomic mass is 127. The van der Waals surface area contributed by atoms with Gasteiger partial charge in [0.25, 0.3) is 0 Å². The third kappa shape index (κ3) is 2.19. The lowest BCUT2D eigenvalue weighted by Crippen LogP contribution is -2.32. The first-order chi connectivity index (χ1) is 7.64. The fourth-order valence-electron chi connectivity index (χ4n) is 2.70. The van der Waals surface area contributed by atoms with E-state index in [4.69, 9.17) is 10.5 Å². The van der Waals surface area contributed by atoms with E-state index >= 15 is 0 Å². The molecule has 0 spiro atoms. The summed E-state index contributed by atoms with van der Waals surface area (Å²) in [5.41, 5.74) is 6.76. The van der Waals surface area contributed by atoms with Crippen molar-refractivity contribution >= 4 is 28.4 Å². The van der Waals surface area contributed by atoms with E-state index in [1.165, 1.54) is 0 Å². The molecule has 1 unspecified atom stereocenters. The summed E-state index contributed by atoms with van der Waals surface area (Å²) in [6.45, 7) is 10.4. The van der Waals surface area contributed by atoms with Gasteiger partial charge in [-0.1, -0.05) is 0 Å². The minimum Gasteiger partial charge on any atom is -0.383 e. The van der Waals surface area contributed by atoms with Crippen LogP contribution in [0.5, 0.6) is 0 Å². The van der Waals surface area contributed by atoms with Crippen molar-refractivity contribution in [2.24, 2.45) is 0 Å². The van der Waals surface area contributed by atoms with Crippen LogP contribution in [-0.2, 0) is 4.74 Å². The molecular formula is C12H20IN3O. The number of aryl methyl sites for hydroxylation is 1. The fraction of sp³-hybridized carbons (Fsp3) is 0.750. The number of halogens is 1. The van der Waals surface area contributed by atoms with Crippen LogP contribution >= 0.6 is 22.6 Å². The SMILES string of the molecule is Cc1nn(C2CC(C)(C)OC2(C)C)c(N)c1I. The van der Waals surface area contributed by atoms with Gasteiger partial charge in [-0.3, -0.25) is 0 Å². The quantitative estimate of drug-likeness (QED) is 0.794. The first-order valence-electron chi connectivity index (χ1n) is 5.84. The topological polar surface area (TPSA) is 53.1 Å². The van der Waals surface area contributed by atoms with Crippen LogP contribution in [0.15, 0.2) is 0 Å². The van der Waals surface area contributed by atoms with Gasteiger partial charge in [-0.15, -0.1) is 0 Å². The predicted octanol–water partition coefficient (Wildman–Crippen LogP) is 2.90. The number of rotatable bonds is 1. The minimum atomic E-state index is -0.237. The Morgan fingerprint density at radius 3 is 2.35 bits per heavy atom. The summed E-state index contributed by atoms with van der Waals surface area (Å²) in [5.74, 6) is 0.752. The average molecular weight is 349 g/mol. The largest absolute Gasteiger partial charge is 0.383 e. The van der Waals surface area contributed by atoms with Crippen molar-refractivity contribution < 1.29 is 4.74 Å². The van der Waals surface area contributed by atoms with Crippen molar-refractivity contribution in [3.05, 3.63) is 9.26 Å². The van der Waals surface area contributed by atoms with E-state index in [0.29, 0.717) is 0 Å². The molecule has 1 fully saturated rings. The Bertz CT molecular complexity index is 451. The van der Waals surface area contributed by atoms with Crippen LogP contribution in [-0.4, -0.2) is 21.0 Å². The monoisotopic (exact) mass is 349 g/mol. The van der Waals surface area contributed by atoms with Crippen LogP contribution in [0.25, 0.3) is 0 Å². The third-order valence-electron chi connectivity index (χ3n) is 3.37. The molecule has 1 atom stereocenters. The average Bonchev–Trinajstić information content (AvgIpc) is 2.53. The molecule has 1 aromatic rings. The zero-order chi connectivity index (χ0) is 13.0. The number of nitrogen functional groups attached to an aromatic ring is 1. The van der Waals surface area contributed by atoms with Gasteiger partial charge >= 0.3 is 0 Å². The fourth-order valence-corrected chi connectivity index (χ4v) is 3.05. The summed E-state index contributed by atoms with van der Waals surface area (Å²) >= 11 is 2.25. The Morgan fingerprint density at radius 1 is 1.41 bits per heavy atom. The van der Waals surface area contributed by atoms with E-state index in [0.717, 1.165) is 21.5 Å². The van der Waals surface area contributed by atoms with Crippen LogP contribution < -0.4 is 5.73 Å². The first kappa shape index (κ1) is 13.1. The molecule has 5 heteroatoms. The van der Waals surface area contributed by atoms with Gasteiger partial charge in [-0.05, 0) is 57.2 Å². The zero-order valence-electron chi connectivity index (χ0n) is 11.0. The molecule has 2 heterocycles. The Balaban J connectivity index is 2.44. The van der Waals surface area contributed by atoms with Gasteiger partial charge in [0.15, 0.2) is 0 Å². The zero-order valence-corrected chi connectivity index (χ0v) is 13.2.